The Morgan fingerprint density at radius 1 is 1.21 bits per heavy atom. The molecule has 0 radical (unpaired) electrons. The van der Waals surface area contributed by atoms with Crippen LogP contribution >= 0.6 is 0 Å². The summed E-state index contributed by atoms with van der Waals surface area (Å²) in [6.45, 7) is 0.244. The summed E-state index contributed by atoms with van der Waals surface area (Å²) in [5.74, 6) is -4.15. The maximum absolute atomic E-state index is 14.9. The van der Waals surface area contributed by atoms with E-state index in [2.05, 4.69) is 10.2 Å². The number of nitrogens with zero attached hydrogens (tertiary/aromatic N) is 2. The molecular weight excluding hydrogens is 439 g/mol. The number of ether oxygens (including phenoxy) is 1. The number of anilines is 1. The molecule has 0 aromatic heterocycles. The van der Waals surface area contributed by atoms with Crippen LogP contribution < -0.4 is 10.6 Å². The quantitative estimate of drug-likeness (QED) is 0.626. The topological polar surface area (TPSA) is 91.0 Å². The van der Waals surface area contributed by atoms with Gasteiger partial charge in [0.25, 0.3) is 5.91 Å². The van der Waals surface area contributed by atoms with E-state index < -0.39 is 48.8 Å². The van der Waals surface area contributed by atoms with Crippen LogP contribution in [0.5, 0.6) is 0 Å². The Morgan fingerprint density at radius 3 is 2.85 bits per heavy atom. The fourth-order valence-electron chi connectivity index (χ4n) is 4.23. The number of carbonyl (C=O) groups excluding carboxylic acids is 3. The van der Waals surface area contributed by atoms with Crippen molar-refractivity contribution in [3.8, 4) is 0 Å². The van der Waals surface area contributed by atoms with E-state index in [1.165, 1.54) is 30.3 Å². The SMILES string of the molecule is [2H]C([2H])(Nc1cccc2c1CN(C1C(=O)NC(=O)C([2H])([2H])C1([2H])[2H])C2=O)c1cc(CN2CCOCC2)ccc1F. The lowest BCUT2D eigenvalue weighted by Crippen LogP contribution is -2.52. The van der Waals surface area contributed by atoms with Crippen LogP contribution in [0.1, 0.15) is 48.0 Å². The van der Waals surface area contributed by atoms with Crippen LogP contribution in [0.4, 0.5) is 10.1 Å². The van der Waals surface area contributed by atoms with E-state index in [9.17, 15) is 18.8 Å². The van der Waals surface area contributed by atoms with E-state index in [1.54, 1.807) is 11.4 Å². The smallest absolute Gasteiger partial charge is 0.255 e. The largest absolute Gasteiger partial charge is 0.381 e. The van der Waals surface area contributed by atoms with Gasteiger partial charge in [-0.15, -0.1) is 0 Å². The van der Waals surface area contributed by atoms with Crippen LogP contribution in [0.15, 0.2) is 36.4 Å². The van der Waals surface area contributed by atoms with Crippen LogP contribution in [0, 0.1) is 5.82 Å². The van der Waals surface area contributed by atoms with E-state index in [1.807, 2.05) is 0 Å². The maximum Gasteiger partial charge on any atom is 0.255 e. The number of fused-ring (bicyclic) bond motifs is 1. The second-order valence-electron chi connectivity index (χ2n) is 8.21. The number of hydrogen-bond acceptors (Lipinski definition) is 6. The summed E-state index contributed by atoms with van der Waals surface area (Å²) in [6.07, 6.45) is -6.14. The second kappa shape index (κ2) is 9.52. The van der Waals surface area contributed by atoms with E-state index in [0.717, 1.165) is 4.90 Å². The number of hydrogen-bond donors (Lipinski definition) is 2. The van der Waals surface area contributed by atoms with Crippen molar-refractivity contribution in [2.45, 2.75) is 38.4 Å². The molecule has 2 aromatic rings. The van der Waals surface area contributed by atoms with Gasteiger partial charge in [0.1, 0.15) is 11.9 Å². The van der Waals surface area contributed by atoms with Gasteiger partial charge < -0.3 is 15.0 Å². The van der Waals surface area contributed by atoms with Gasteiger partial charge in [0.05, 0.1) is 16.0 Å². The molecule has 0 bridgehead atoms. The van der Waals surface area contributed by atoms with Gasteiger partial charge in [-0.2, -0.15) is 0 Å². The first-order chi connectivity index (χ1) is 18.7. The molecule has 1 unspecified atom stereocenters. The average Bonchev–Trinajstić information content (AvgIpc) is 3.21. The number of nitrogens with one attached hydrogen (secondary N) is 2. The first-order valence-corrected chi connectivity index (χ1v) is 10.9. The van der Waals surface area contributed by atoms with Gasteiger partial charge in [0.2, 0.25) is 11.8 Å². The molecule has 9 heteroatoms. The van der Waals surface area contributed by atoms with Crippen molar-refractivity contribution in [3.63, 3.8) is 0 Å². The van der Waals surface area contributed by atoms with Crippen LogP contribution in [0.2, 0.25) is 0 Å². The Morgan fingerprint density at radius 2 is 2.03 bits per heavy atom. The molecule has 0 spiro atoms. The number of carbonyl (C=O) groups is 3. The Kier molecular flexibility index (Phi) is 4.58. The van der Waals surface area contributed by atoms with Gasteiger partial charge in [0.15, 0.2) is 0 Å². The first-order valence-electron chi connectivity index (χ1n) is 13.9. The third-order valence-electron chi connectivity index (χ3n) is 5.99. The highest BCUT2D eigenvalue weighted by Crippen LogP contribution is 2.32. The molecule has 178 valence electrons. The van der Waals surface area contributed by atoms with Gasteiger partial charge >= 0.3 is 0 Å². The Labute approximate surface area is 205 Å². The van der Waals surface area contributed by atoms with Crippen molar-refractivity contribution in [3.05, 3.63) is 64.5 Å². The predicted molar refractivity (Wildman–Crippen MR) is 122 cm³/mol. The van der Waals surface area contributed by atoms with Crippen LogP contribution in [0.25, 0.3) is 0 Å². The van der Waals surface area contributed by atoms with E-state index in [-0.39, 0.29) is 28.9 Å². The zero-order valence-electron chi connectivity index (χ0n) is 24.2. The second-order valence-corrected chi connectivity index (χ2v) is 8.21. The summed E-state index contributed by atoms with van der Waals surface area (Å²) < 4.78 is 69.9. The summed E-state index contributed by atoms with van der Waals surface area (Å²) in [5, 5.41) is 4.46. The minimum absolute atomic E-state index is 0.0448. The molecule has 3 aliphatic rings. The molecule has 34 heavy (non-hydrogen) atoms. The normalized spacial score (nSPS) is 26.9. The summed E-state index contributed by atoms with van der Waals surface area (Å²) in [5.41, 5.74) is 0.850. The summed E-state index contributed by atoms with van der Waals surface area (Å²) >= 11 is 0. The minimum atomic E-state index is -3.09. The summed E-state index contributed by atoms with van der Waals surface area (Å²) in [7, 11) is 0. The number of benzene rings is 2. The monoisotopic (exact) mass is 472 g/mol. The summed E-state index contributed by atoms with van der Waals surface area (Å²) in [6, 6.07) is 6.62. The number of imide groups is 1. The van der Waals surface area contributed by atoms with Crippen molar-refractivity contribution < 1.29 is 31.7 Å². The molecule has 2 fully saturated rings. The number of amides is 3. The number of piperidine rings is 1. The van der Waals surface area contributed by atoms with Crippen molar-refractivity contribution in [2.75, 3.05) is 31.6 Å². The minimum Gasteiger partial charge on any atom is -0.381 e. The first kappa shape index (κ1) is 16.3. The van der Waals surface area contributed by atoms with Gasteiger partial charge in [-0.25, -0.2) is 4.39 Å². The molecule has 3 aliphatic heterocycles. The van der Waals surface area contributed by atoms with E-state index in [0.29, 0.717) is 38.4 Å². The molecule has 2 N–H and O–H groups in total. The molecule has 8 nitrogen and oxygen atoms in total. The molecule has 2 saturated heterocycles. The lowest BCUT2D eigenvalue weighted by Gasteiger charge is -2.29. The lowest BCUT2D eigenvalue weighted by molar-refractivity contribution is -0.136. The Bertz CT molecular complexity index is 1390. The van der Waals surface area contributed by atoms with Gasteiger partial charge in [-0.1, -0.05) is 12.1 Å². The predicted octanol–water partition coefficient (Wildman–Crippen LogP) is 2.03. The average molecular weight is 473 g/mol. The molecule has 2 aromatic carbocycles. The van der Waals surface area contributed by atoms with Crippen molar-refractivity contribution >= 4 is 23.4 Å². The van der Waals surface area contributed by atoms with Crippen molar-refractivity contribution in [1.82, 2.24) is 15.1 Å². The lowest BCUT2D eigenvalue weighted by atomic mass is 10.0. The number of rotatable bonds is 6. The fourth-order valence-corrected chi connectivity index (χ4v) is 4.23. The molecule has 5 rings (SSSR count). The number of halogens is 1. The zero-order valence-corrected chi connectivity index (χ0v) is 18.2. The Hall–Kier alpha value is -3.30. The van der Waals surface area contributed by atoms with E-state index >= 15 is 0 Å². The molecule has 3 amide bonds. The van der Waals surface area contributed by atoms with Crippen molar-refractivity contribution in [1.29, 1.82) is 0 Å². The van der Waals surface area contributed by atoms with Gasteiger partial charge in [0, 0.05) is 66.9 Å². The highest BCUT2D eigenvalue weighted by molar-refractivity contribution is 6.06. The van der Waals surface area contributed by atoms with Crippen LogP contribution in [-0.4, -0.2) is 59.9 Å². The molecule has 1 atom stereocenters. The zero-order chi connectivity index (χ0) is 29.0. The highest BCUT2D eigenvalue weighted by Gasteiger charge is 2.39. The molecule has 3 heterocycles. The molecule has 0 aliphatic carbocycles. The van der Waals surface area contributed by atoms with E-state index in [4.69, 9.17) is 13.0 Å². The van der Waals surface area contributed by atoms with Crippen LogP contribution in [0.3, 0.4) is 0 Å². The highest BCUT2D eigenvalue weighted by atomic mass is 19.1. The fraction of sp³-hybridized carbons (Fsp3) is 0.400. The standard InChI is InChI=1S/C25H27FN4O4/c26-20-5-4-16(14-29-8-10-34-11-9-29)12-17(20)13-27-21-3-1-2-18-19(21)15-30(25(18)33)22-6-7-23(31)28-24(22)32/h1-5,12,22,27H,6-11,13-15H2,(H,28,31,32)/i6D2,7D2,13D2. The summed E-state index contributed by atoms with van der Waals surface area (Å²) in [4.78, 5) is 40.8. The Balaban J connectivity index is 1.42. The van der Waals surface area contributed by atoms with Crippen molar-refractivity contribution in [2.24, 2.45) is 0 Å². The van der Waals surface area contributed by atoms with Crippen LogP contribution in [-0.2, 0) is 33.9 Å². The third-order valence-corrected chi connectivity index (χ3v) is 5.99. The van der Waals surface area contributed by atoms with Gasteiger partial charge in [-0.05, 0) is 36.2 Å². The maximum atomic E-state index is 14.9. The third kappa shape index (κ3) is 4.53. The molecular formula is C25H27FN4O4. The molecule has 0 saturated carbocycles. The van der Waals surface area contributed by atoms with Gasteiger partial charge in [-0.3, -0.25) is 24.6 Å². The number of morpholine rings is 1.